The molecule has 0 saturated carbocycles. The first-order chi connectivity index (χ1) is 29.5. The van der Waals surface area contributed by atoms with Gasteiger partial charge in [-0.3, -0.25) is 14.4 Å². The highest BCUT2D eigenvalue weighted by Gasteiger charge is 2.37. The summed E-state index contributed by atoms with van der Waals surface area (Å²) < 4.78 is 41.5. The van der Waals surface area contributed by atoms with E-state index in [4.69, 9.17) is 78.9 Å². The predicted octanol–water partition coefficient (Wildman–Crippen LogP) is 0.733. The minimum Gasteiger partial charge on any atom is -0.400 e. The van der Waals surface area contributed by atoms with E-state index in [0.717, 1.165) is 71.4 Å². The minimum atomic E-state index is -2.48. The highest BCUT2D eigenvalue weighted by atomic mass is 35.5. The van der Waals surface area contributed by atoms with Crippen molar-refractivity contribution >= 4 is 73.6 Å². The van der Waals surface area contributed by atoms with Crippen LogP contribution in [0, 0.1) is 0 Å². The van der Waals surface area contributed by atoms with Crippen LogP contribution in [0.2, 0.25) is 18.1 Å². The van der Waals surface area contributed by atoms with Crippen molar-refractivity contribution in [3.63, 3.8) is 0 Å². The minimum absolute atomic E-state index is 0. The van der Waals surface area contributed by atoms with E-state index in [1.54, 1.807) is 56.9 Å². The third kappa shape index (κ3) is 58.0. The number of amides is 2. The van der Waals surface area contributed by atoms with E-state index in [2.05, 4.69) is 48.0 Å². The Hall–Kier alpha value is -2.01. The molecule has 0 bridgehead atoms. The van der Waals surface area contributed by atoms with E-state index < -0.39 is 37.4 Å². The number of nitrogens with two attached hydrogens (primary N) is 2. The van der Waals surface area contributed by atoms with Crippen LogP contribution < -0.4 is 27.0 Å². The van der Waals surface area contributed by atoms with Gasteiger partial charge in [0.2, 0.25) is 17.1 Å². The Morgan fingerprint density at radius 2 is 1.02 bits per heavy atom. The number of allylic oxidation sites excluding steroid dienone is 1. The molecule has 0 radical (unpaired) electrons. The van der Waals surface area contributed by atoms with Gasteiger partial charge in [-0.1, -0.05) is 44.4 Å². The van der Waals surface area contributed by atoms with Crippen molar-refractivity contribution in [3.8, 4) is 0 Å². The average Bonchev–Trinajstić information content (AvgIpc) is 3.33. The quantitative estimate of drug-likeness (QED) is 0.0151. The highest BCUT2D eigenvalue weighted by Crippen LogP contribution is 2.15. The SMILES string of the molecule is C=CC(=O)Cl.C=CC(=O)NCCC[Si](OC)(OC)OC.C=CC(=O)ONS.CCNC(=O)CC.CO.CO.CO.CO[Si](CCCN)(OC)OC.CO[Si](CO)(CCCN)OC. The lowest BCUT2D eigenvalue weighted by Crippen LogP contribution is -2.44. The lowest BCUT2D eigenvalue weighted by atomic mass is 10.4. The van der Waals surface area contributed by atoms with E-state index >= 15 is 0 Å². The van der Waals surface area contributed by atoms with Gasteiger partial charge < -0.3 is 82.8 Å². The van der Waals surface area contributed by atoms with Crippen molar-refractivity contribution in [1.82, 2.24) is 15.5 Å². The summed E-state index contributed by atoms with van der Waals surface area (Å²) in [6.07, 6.45) is 6.38. The van der Waals surface area contributed by atoms with Crippen molar-refractivity contribution in [2.45, 2.75) is 57.7 Å². The van der Waals surface area contributed by atoms with Crippen molar-refractivity contribution < 1.29 is 79.8 Å². The van der Waals surface area contributed by atoms with Crippen LogP contribution in [0.25, 0.3) is 0 Å². The van der Waals surface area contributed by atoms with Gasteiger partial charge in [-0.25, -0.2) is 4.79 Å². The van der Waals surface area contributed by atoms with Gasteiger partial charge in [0.15, 0.2) is 0 Å². The topological polar surface area (TPSA) is 320 Å². The third-order valence-electron chi connectivity index (χ3n) is 6.61. The zero-order valence-electron chi connectivity index (χ0n) is 39.4. The number of halogens is 1. The van der Waals surface area contributed by atoms with Gasteiger partial charge in [0.25, 0.3) is 0 Å². The van der Waals surface area contributed by atoms with Gasteiger partial charge in [-0.15, -0.1) is 0 Å². The molecule has 0 aromatic carbocycles. The summed E-state index contributed by atoms with van der Waals surface area (Å²) in [5, 5.41) is 34.8. The molecule has 0 aliphatic rings. The number of aliphatic hydroxyl groups excluding tert-OH is 4. The summed E-state index contributed by atoms with van der Waals surface area (Å²) in [5.41, 5.74) is 10.7. The number of carbonyl (C=O) groups is 4. The van der Waals surface area contributed by atoms with Crippen molar-refractivity contribution in [2.75, 3.05) is 111 Å². The second kappa shape index (κ2) is 65.6. The monoisotopic (exact) mass is 997 g/mol. The van der Waals surface area contributed by atoms with E-state index in [9.17, 15) is 19.2 Å². The second-order valence-electron chi connectivity index (χ2n) is 9.98. The Morgan fingerprint density at radius 3 is 1.23 bits per heavy atom. The summed E-state index contributed by atoms with van der Waals surface area (Å²) in [4.78, 5) is 46.5. The molecular weight excluding hydrogens is 914 g/mol. The molecule has 0 atom stereocenters. The molecule has 62 heavy (non-hydrogen) atoms. The number of rotatable bonds is 25. The van der Waals surface area contributed by atoms with Crippen LogP contribution in [-0.2, 0) is 59.4 Å². The molecule has 0 aromatic rings. The molecular formula is C35H84ClN5O17SSi3. The first-order valence-electron chi connectivity index (χ1n) is 18.5. The molecule has 0 unspecified atom stereocenters. The van der Waals surface area contributed by atoms with Crippen LogP contribution in [0.4, 0.5) is 0 Å². The van der Waals surface area contributed by atoms with Gasteiger partial charge in [0.05, 0.1) is 6.23 Å². The molecule has 0 aliphatic carbocycles. The fraction of sp³-hybridized carbons (Fsp3) is 0.714. The molecule has 376 valence electrons. The zero-order chi connectivity index (χ0) is 50.9. The van der Waals surface area contributed by atoms with E-state index in [1.807, 2.05) is 18.7 Å². The largest absolute Gasteiger partial charge is 0.500 e. The molecule has 11 N–H and O–H groups in total. The van der Waals surface area contributed by atoms with Gasteiger partial charge in [-0.2, -0.15) is 0 Å². The van der Waals surface area contributed by atoms with E-state index in [-0.39, 0.29) is 18.0 Å². The van der Waals surface area contributed by atoms with Gasteiger partial charge in [-0.05, 0) is 69.1 Å². The Morgan fingerprint density at radius 1 is 0.645 bits per heavy atom. The van der Waals surface area contributed by atoms with Gasteiger partial charge in [0.1, 0.15) is 0 Å². The molecule has 0 aliphatic heterocycles. The van der Waals surface area contributed by atoms with Crippen LogP contribution >= 0.6 is 24.4 Å². The molecule has 0 saturated heterocycles. The molecule has 22 nitrogen and oxygen atoms in total. The fourth-order valence-corrected chi connectivity index (χ4v) is 8.59. The Labute approximate surface area is 385 Å². The number of thiol groups is 1. The summed E-state index contributed by atoms with van der Waals surface area (Å²) in [7, 11) is 8.62. The predicted molar refractivity (Wildman–Crippen MR) is 253 cm³/mol. The smallest absolute Gasteiger partial charge is 0.400 e. The molecule has 0 heterocycles. The summed E-state index contributed by atoms with van der Waals surface area (Å²) in [6.45, 7) is 15.9. The van der Waals surface area contributed by atoms with E-state index in [0.29, 0.717) is 32.1 Å². The Bertz CT molecular complexity index is 949. The second-order valence-corrected chi connectivity index (χ2v) is 20.2. The normalized spacial score (nSPS) is 9.56. The first-order valence-corrected chi connectivity index (χ1v) is 25.4. The summed E-state index contributed by atoms with van der Waals surface area (Å²) >= 11 is 8.08. The van der Waals surface area contributed by atoms with Gasteiger partial charge in [0, 0.05) is 116 Å². The standard InChI is InChI=1S/C9H19NO4Si.2C6H17NO3Si.C5H11NO.C3H3ClO.C3H5NO2S.3CH4O/c1-5-9(11)10-7-6-8-15(12-2,13-3)14-4;1-8-11(9-2,10-3)6-4-5-7;1-9-11(6-8,10-2)5-3-4-7;1-3-5(7)6-4-2;1-2-3(4)5;1-2-3(5)6-4-7;3*1-2/h5H,1,6-8H2,2-4H3,(H,10,11);4-7H2,1-3H3;8H,3-7H2,1-2H3;3-4H2,1-2H3,(H,6,7);2H,1H2;2,4,7H,1H2;3*2H,1H3. The van der Waals surface area contributed by atoms with Crippen LogP contribution in [0.5, 0.6) is 0 Å². The number of hydrogen-bond acceptors (Lipinski definition) is 21. The number of nitrogens with one attached hydrogen (secondary N) is 3. The van der Waals surface area contributed by atoms with Crippen LogP contribution in [0.1, 0.15) is 39.5 Å². The zero-order valence-corrected chi connectivity index (χ0v) is 44.1. The van der Waals surface area contributed by atoms with Crippen molar-refractivity contribution in [1.29, 1.82) is 0 Å². The fourth-order valence-electron chi connectivity index (χ4n) is 3.30. The summed E-state index contributed by atoms with van der Waals surface area (Å²) in [6, 6.07) is 2.22. The maximum Gasteiger partial charge on any atom is 0.500 e. The Kier molecular flexibility index (Phi) is 85.0. The maximum absolute atomic E-state index is 10.8. The molecule has 2 amide bonds. The number of hydrogen-bond donors (Lipinski definition) is 10. The Balaban J connectivity index is -0.0000000779. The molecule has 0 aromatic heterocycles. The van der Waals surface area contributed by atoms with Crippen molar-refractivity contribution in [3.05, 3.63) is 38.0 Å². The molecule has 0 spiro atoms. The molecule has 0 rings (SSSR count). The van der Waals surface area contributed by atoms with Crippen LogP contribution in [0.15, 0.2) is 38.0 Å². The number of aliphatic hydroxyl groups is 4. The van der Waals surface area contributed by atoms with Crippen molar-refractivity contribution in [2.24, 2.45) is 11.5 Å². The summed E-state index contributed by atoms with van der Waals surface area (Å²) in [5.74, 6) is -0.591. The third-order valence-corrected chi connectivity index (χ3v) is 15.6. The van der Waals surface area contributed by atoms with Crippen LogP contribution in [0.3, 0.4) is 0 Å². The average molecular weight is 999 g/mol. The molecule has 27 heteroatoms. The van der Waals surface area contributed by atoms with E-state index in [1.165, 1.54) is 6.08 Å². The molecule has 0 fully saturated rings. The highest BCUT2D eigenvalue weighted by molar-refractivity contribution is 7.77. The van der Waals surface area contributed by atoms with Gasteiger partial charge >= 0.3 is 32.1 Å². The number of carbonyl (C=O) groups excluding carboxylic acids is 4. The lowest BCUT2D eigenvalue weighted by molar-refractivity contribution is -0.140. The first kappa shape index (κ1) is 80.3. The maximum atomic E-state index is 10.8. The lowest BCUT2D eigenvalue weighted by Gasteiger charge is -2.24. The van der Waals surface area contributed by atoms with Crippen LogP contribution in [-0.4, -0.2) is 180 Å².